The zero-order chi connectivity index (χ0) is 19.1. The van der Waals surface area contributed by atoms with Crippen molar-refractivity contribution in [2.75, 3.05) is 20.3 Å². The van der Waals surface area contributed by atoms with Crippen molar-refractivity contribution in [2.24, 2.45) is 0 Å². The topological polar surface area (TPSA) is 86.3 Å². The molecule has 0 spiro atoms. The van der Waals surface area contributed by atoms with Crippen LogP contribution in [0.15, 0.2) is 54.6 Å². The van der Waals surface area contributed by atoms with Crippen molar-refractivity contribution in [3.63, 3.8) is 0 Å². The summed E-state index contributed by atoms with van der Waals surface area (Å²) >= 11 is 0. The highest BCUT2D eigenvalue weighted by Crippen LogP contribution is 2.20. The minimum atomic E-state index is -0.757. The number of rotatable bonds is 8. The van der Waals surface area contributed by atoms with Crippen molar-refractivity contribution < 1.29 is 28.8 Å². The number of aliphatic hydroxyl groups excluding tert-OH is 1. The van der Waals surface area contributed by atoms with E-state index in [9.17, 15) is 9.90 Å². The molecule has 7 heteroatoms. The van der Waals surface area contributed by atoms with Crippen LogP contribution in [0.25, 0.3) is 0 Å². The monoisotopic (exact) mass is 373 g/mol. The van der Waals surface area contributed by atoms with Crippen LogP contribution in [-0.4, -0.2) is 49.8 Å². The number of hydrogen-bond donors (Lipinski definition) is 2. The SMILES string of the molecule is COc1ccc(OC[C@@H]2NC(=O)O[C@@H](CO)[C@H]2OCc2ccccc2)cc1. The number of carbonyl (C=O) groups is 1. The average Bonchev–Trinajstić information content (AvgIpc) is 2.72. The molecule has 1 heterocycles. The van der Waals surface area contributed by atoms with Gasteiger partial charge >= 0.3 is 6.09 Å². The van der Waals surface area contributed by atoms with E-state index in [1.54, 1.807) is 31.4 Å². The van der Waals surface area contributed by atoms with Crippen LogP contribution in [0.3, 0.4) is 0 Å². The number of nitrogens with one attached hydrogen (secondary N) is 1. The van der Waals surface area contributed by atoms with Crippen LogP contribution in [0, 0.1) is 0 Å². The number of carbonyl (C=O) groups excluding carboxylic acids is 1. The van der Waals surface area contributed by atoms with Gasteiger partial charge in [0.15, 0.2) is 6.10 Å². The van der Waals surface area contributed by atoms with Gasteiger partial charge in [-0.2, -0.15) is 0 Å². The molecule has 0 aromatic heterocycles. The lowest BCUT2D eigenvalue weighted by atomic mass is 10.0. The van der Waals surface area contributed by atoms with Gasteiger partial charge in [0.2, 0.25) is 0 Å². The Kier molecular flexibility index (Phi) is 6.51. The van der Waals surface area contributed by atoms with E-state index >= 15 is 0 Å². The van der Waals surface area contributed by atoms with Crippen LogP contribution in [-0.2, 0) is 16.1 Å². The summed E-state index contributed by atoms with van der Waals surface area (Å²) in [6.07, 6.45) is -1.91. The molecular weight excluding hydrogens is 350 g/mol. The smallest absolute Gasteiger partial charge is 0.408 e. The molecule has 1 amide bonds. The summed E-state index contributed by atoms with van der Waals surface area (Å²) in [5.74, 6) is 1.37. The first-order valence-electron chi connectivity index (χ1n) is 8.70. The Morgan fingerprint density at radius 2 is 1.78 bits per heavy atom. The second kappa shape index (κ2) is 9.25. The Hall–Kier alpha value is -2.77. The van der Waals surface area contributed by atoms with E-state index in [1.165, 1.54) is 0 Å². The van der Waals surface area contributed by atoms with Gasteiger partial charge in [0, 0.05) is 0 Å². The fraction of sp³-hybridized carbons (Fsp3) is 0.350. The first kappa shape index (κ1) is 19.0. The van der Waals surface area contributed by atoms with Crippen molar-refractivity contribution in [1.29, 1.82) is 0 Å². The van der Waals surface area contributed by atoms with Gasteiger partial charge in [-0.15, -0.1) is 0 Å². The summed E-state index contributed by atoms with van der Waals surface area (Å²) < 4.78 is 22.0. The number of aliphatic hydroxyl groups is 1. The van der Waals surface area contributed by atoms with Crippen molar-refractivity contribution in [2.45, 2.75) is 24.9 Å². The number of methoxy groups -OCH3 is 1. The fourth-order valence-corrected chi connectivity index (χ4v) is 2.86. The molecule has 0 saturated carbocycles. The largest absolute Gasteiger partial charge is 0.497 e. The van der Waals surface area contributed by atoms with Crippen LogP contribution in [0.1, 0.15) is 5.56 Å². The third-order valence-corrected chi connectivity index (χ3v) is 4.28. The number of benzene rings is 2. The van der Waals surface area contributed by atoms with Crippen molar-refractivity contribution in [3.05, 3.63) is 60.2 Å². The van der Waals surface area contributed by atoms with E-state index in [0.717, 1.165) is 11.3 Å². The molecule has 7 nitrogen and oxygen atoms in total. The maximum absolute atomic E-state index is 11.8. The van der Waals surface area contributed by atoms with Crippen molar-refractivity contribution >= 4 is 6.09 Å². The lowest BCUT2D eigenvalue weighted by molar-refractivity contribution is -0.109. The molecule has 1 aliphatic rings. The Labute approximate surface area is 157 Å². The van der Waals surface area contributed by atoms with Gasteiger partial charge in [-0.05, 0) is 29.8 Å². The number of ether oxygens (including phenoxy) is 4. The molecular formula is C20H23NO6. The Morgan fingerprint density at radius 3 is 2.44 bits per heavy atom. The zero-order valence-corrected chi connectivity index (χ0v) is 15.0. The molecule has 3 atom stereocenters. The number of hydrogen-bond acceptors (Lipinski definition) is 6. The van der Waals surface area contributed by atoms with E-state index < -0.39 is 24.3 Å². The van der Waals surface area contributed by atoms with Crippen LogP contribution in [0.5, 0.6) is 11.5 Å². The third-order valence-electron chi connectivity index (χ3n) is 4.28. The maximum Gasteiger partial charge on any atom is 0.408 e. The Bertz CT molecular complexity index is 721. The number of alkyl carbamates (subject to hydrolysis) is 1. The molecule has 1 saturated heterocycles. The molecule has 0 unspecified atom stereocenters. The molecule has 2 aromatic carbocycles. The van der Waals surface area contributed by atoms with Gasteiger partial charge in [-0.1, -0.05) is 30.3 Å². The quantitative estimate of drug-likeness (QED) is 0.737. The lowest BCUT2D eigenvalue weighted by Crippen LogP contribution is -2.60. The summed E-state index contributed by atoms with van der Waals surface area (Å²) in [5.41, 5.74) is 0.987. The van der Waals surface area contributed by atoms with Gasteiger partial charge in [0.25, 0.3) is 0 Å². The fourth-order valence-electron chi connectivity index (χ4n) is 2.86. The van der Waals surface area contributed by atoms with E-state index in [0.29, 0.717) is 12.4 Å². The molecule has 0 aliphatic carbocycles. The number of cyclic esters (lactones) is 1. The van der Waals surface area contributed by atoms with Crippen molar-refractivity contribution in [1.82, 2.24) is 5.32 Å². The minimum Gasteiger partial charge on any atom is -0.497 e. The summed E-state index contributed by atoms with van der Waals surface area (Å²) in [5, 5.41) is 12.3. The predicted octanol–water partition coefficient (Wildman–Crippen LogP) is 2.13. The highest BCUT2D eigenvalue weighted by atomic mass is 16.6. The molecule has 27 heavy (non-hydrogen) atoms. The van der Waals surface area contributed by atoms with Crippen LogP contribution in [0.2, 0.25) is 0 Å². The molecule has 3 rings (SSSR count). The van der Waals surface area contributed by atoms with Gasteiger partial charge in [-0.25, -0.2) is 4.79 Å². The van der Waals surface area contributed by atoms with Crippen LogP contribution < -0.4 is 14.8 Å². The maximum atomic E-state index is 11.8. The van der Waals surface area contributed by atoms with Crippen molar-refractivity contribution in [3.8, 4) is 11.5 Å². The second-order valence-corrected chi connectivity index (χ2v) is 6.12. The Morgan fingerprint density at radius 1 is 1.07 bits per heavy atom. The predicted molar refractivity (Wildman–Crippen MR) is 97.8 cm³/mol. The molecule has 2 N–H and O–H groups in total. The minimum absolute atomic E-state index is 0.178. The normalized spacial score (nSPS) is 21.9. The first-order chi connectivity index (χ1) is 13.2. The summed E-state index contributed by atoms with van der Waals surface area (Å²) in [6, 6.07) is 16.3. The van der Waals surface area contributed by atoms with Gasteiger partial charge in [-0.3, -0.25) is 0 Å². The molecule has 2 aromatic rings. The third kappa shape index (κ3) is 5.12. The number of amides is 1. The molecule has 144 valence electrons. The van der Waals surface area contributed by atoms with E-state index in [2.05, 4.69) is 5.32 Å². The average molecular weight is 373 g/mol. The summed E-state index contributed by atoms with van der Waals surface area (Å²) in [4.78, 5) is 11.8. The summed E-state index contributed by atoms with van der Waals surface area (Å²) in [6.45, 7) is 0.184. The van der Waals surface area contributed by atoms with Gasteiger partial charge in [0.05, 0.1) is 26.4 Å². The Balaban J connectivity index is 1.65. The standard InChI is InChI=1S/C20H23NO6/c1-24-15-7-9-16(10-8-15)25-13-17-19(18(11-22)27-20(23)21-17)26-12-14-5-3-2-4-6-14/h2-10,17-19,22H,11-13H2,1H3,(H,21,23)/t17-,18-,19-/m0/s1. The van der Waals surface area contributed by atoms with Gasteiger partial charge < -0.3 is 29.4 Å². The van der Waals surface area contributed by atoms with E-state index in [-0.39, 0.29) is 13.2 Å². The molecule has 0 radical (unpaired) electrons. The molecule has 1 aliphatic heterocycles. The second-order valence-electron chi connectivity index (χ2n) is 6.12. The van der Waals surface area contributed by atoms with E-state index in [1.807, 2.05) is 30.3 Å². The first-order valence-corrected chi connectivity index (χ1v) is 8.70. The summed E-state index contributed by atoms with van der Waals surface area (Å²) in [7, 11) is 1.59. The van der Waals surface area contributed by atoms with Crippen LogP contribution >= 0.6 is 0 Å². The van der Waals surface area contributed by atoms with Gasteiger partial charge in [0.1, 0.15) is 24.2 Å². The molecule has 0 bridgehead atoms. The molecule has 1 fully saturated rings. The lowest BCUT2D eigenvalue weighted by Gasteiger charge is -2.37. The van der Waals surface area contributed by atoms with Crippen LogP contribution in [0.4, 0.5) is 4.79 Å². The zero-order valence-electron chi connectivity index (χ0n) is 15.0. The van der Waals surface area contributed by atoms with E-state index in [4.69, 9.17) is 18.9 Å². The highest BCUT2D eigenvalue weighted by molar-refractivity contribution is 5.69. The highest BCUT2D eigenvalue weighted by Gasteiger charge is 2.39.